The maximum Gasteiger partial charge on any atom is 0.129 e. The van der Waals surface area contributed by atoms with Crippen LogP contribution in [0, 0.1) is 0 Å². The van der Waals surface area contributed by atoms with E-state index in [-0.39, 0.29) is 0 Å². The quantitative estimate of drug-likeness (QED) is 0.738. The van der Waals surface area contributed by atoms with E-state index in [0.29, 0.717) is 6.04 Å². The van der Waals surface area contributed by atoms with E-state index in [1.165, 1.54) is 24.6 Å². The van der Waals surface area contributed by atoms with Crippen molar-refractivity contribution >= 4 is 16.7 Å². The lowest BCUT2D eigenvalue weighted by molar-refractivity contribution is 0.481. The van der Waals surface area contributed by atoms with Gasteiger partial charge in [-0.3, -0.25) is 0 Å². The number of para-hydroxylation sites is 1. The fraction of sp³-hybridized carbons (Fsp3) is 0.400. The summed E-state index contributed by atoms with van der Waals surface area (Å²) in [6.07, 6.45) is 3.93. The van der Waals surface area contributed by atoms with Crippen LogP contribution in [0.1, 0.15) is 26.2 Å². The first-order chi connectivity index (χ1) is 8.34. The molecule has 1 aromatic heterocycles. The number of nitrogens with zero attached hydrogens (tertiary/aromatic N) is 2. The number of piperidine rings is 1. The monoisotopic (exact) mass is 226 g/mol. The summed E-state index contributed by atoms with van der Waals surface area (Å²) in [6.45, 7) is 3.45. The fourth-order valence-electron chi connectivity index (χ4n) is 2.65. The van der Waals surface area contributed by atoms with Gasteiger partial charge < -0.3 is 4.90 Å². The lowest BCUT2D eigenvalue weighted by atomic mass is 10.0. The van der Waals surface area contributed by atoms with Crippen LogP contribution < -0.4 is 4.90 Å². The standard InChI is InChI=1S/C15H18N2/c1-12-6-4-5-11-17(12)15-10-9-13-7-2-3-8-14(13)16-15/h2-3,7-10,12H,4-6,11H2,1H3. The number of aromatic nitrogens is 1. The Labute approximate surface area is 102 Å². The highest BCUT2D eigenvalue weighted by molar-refractivity contribution is 5.80. The van der Waals surface area contributed by atoms with Crippen LogP contribution in [0.3, 0.4) is 0 Å². The Kier molecular flexibility index (Phi) is 2.71. The molecule has 1 atom stereocenters. The molecule has 0 spiro atoms. The van der Waals surface area contributed by atoms with E-state index in [0.717, 1.165) is 17.9 Å². The molecule has 1 saturated heterocycles. The SMILES string of the molecule is CC1CCCCN1c1ccc2ccccc2n1. The van der Waals surface area contributed by atoms with Gasteiger partial charge in [-0.25, -0.2) is 4.98 Å². The highest BCUT2D eigenvalue weighted by Crippen LogP contribution is 2.24. The van der Waals surface area contributed by atoms with Gasteiger partial charge in [0.2, 0.25) is 0 Å². The predicted molar refractivity (Wildman–Crippen MR) is 72.4 cm³/mol. The maximum atomic E-state index is 4.78. The Balaban J connectivity index is 1.99. The third kappa shape index (κ3) is 1.99. The van der Waals surface area contributed by atoms with E-state index in [9.17, 15) is 0 Å². The first-order valence-electron chi connectivity index (χ1n) is 6.47. The first kappa shape index (κ1) is 10.6. The molecule has 3 rings (SSSR count). The van der Waals surface area contributed by atoms with Gasteiger partial charge >= 0.3 is 0 Å². The van der Waals surface area contributed by atoms with Gasteiger partial charge in [-0.1, -0.05) is 18.2 Å². The molecule has 1 aliphatic heterocycles. The minimum atomic E-state index is 0.623. The Morgan fingerprint density at radius 3 is 2.88 bits per heavy atom. The lowest BCUT2D eigenvalue weighted by Crippen LogP contribution is -2.37. The van der Waals surface area contributed by atoms with Crippen LogP contribution in [0.2, 0.25) is 0 Å². The van der Waals surface area contributed by atoms with Crippen LogP contribution in [0.5, 0.6) is 0 Å². The zero-order chi connectivity index (χ0) is 11.7. The largest absolute Gasteiger partial charge is 0.354 e. The van der Waals surface area contributed by atoms with Gasteiger partial charge in [0.1, 0.15) is 5.82 Å². The van der Waals surface area contributed by atoms with Crippen LogP contribution >= 0.6 is 0 Å². The topological polar surface area (TPSA) is 16.1 Å². The van der Waals surface area contributed by atoms with E-state index in [2.05, 4.69) is 48.2 Å². The van der Waals surface area contributed by atoms with Crippen LogP contribution in [0.25, 0.3) is 10.9 Å². The molecule has 2 nitrogen and oxygen atoms in total. The molecule has 2 heterocycles. The Hall–Kier alpha value is -1.57. The third-order valence-electron chi connectivity index (χ3n) is 3.68. The number of fused-ring (bicyclic) bond motifs is 1. The summed E-state index contributed by atoms with van der Waals surface area (Å²) in [5.41, 5.74) is 1.10. The summed E-state index contributed by atoms with van der Waals surface area (Å²) in [6, 6.07) is 13.3. The zero-order valence-electron chi connectivity index (χ0n) is 10.3. The molecule has 88 valence electrons. The number of benzene rings is 1. The second-order valence-electron chi connectivity index (χ2n) is 4.90. The summed E-state index contributed by atoms with van der Waals surface area (Å²) in [5.74, 6) is 1.14. The summed E-state index contributed by atoms with van der Waals surface area (Å²) < 4.78 is 0. The second kappa shape index (κ2) is 4.36. The first-order valence-corrected chi connectivity index (χ1v) is 6.47. The Bertz CT molecular complexity index is 521. The molecule has 1 unspecified atom stereocenters. The number of anilines is 1. The molecular weight excluding hydrogens is 208 g/mol. The van der Waals surface area contributed by atoms with Crippen LogP contribution in [-0.4, -0.2) is 17.6 Å². The smallest absolute Gasteiger partial charge is 0.129 e. The van der Waals surface area contributed by atoms with Crippen molar-refractivity contribution in [2.75, 3.05) is 11.4 Å². The number of rotatable bonds is 1. The van der Waals surface area contributed by atoms with Crippen LogP contribution in [0.4, 0.5) is 5.82 Å². The van der Waals surface area contributed by atoms with Crippen molar-refractivity contribution in [3.63, 3.8) is 0 Å². The van der Waals surface area contributed by atoms with E-state index in [4.69, 9.17) is 4.98 Å². The highest BCUT2D eigenvalue weighted by atomic mass is 15.2. The lowest BCUT2D eigenvalue weighted by Gasteiger charge is -2.34. The highest BCUT2D eigenvalue weighted by Gasteiger charge is 2.19. The summed E-state index contributed by atoms with van der Waals surface area (Å²) in [5, 5.41) is 1.22. The van der Waals surface area contributed by atoms with Gasteiger partial charge in [0, 0.05) is 18.0 Å². The molecule has 2 aromatic rings. The predicted octanol–water partition coefficient (Wildman–Crippen LogP) is 3.61. The van der Waals surface area contributed by atoms with Crippen molar-refractivity contribution in [2.45, 2.75) is 32.2 Å². The average Bonchev–Trinajstić information content (AvgIpc) is 2.39. The van der Waals surface area contributed by atoms with Gasteiger partial charge in [0.15, 0.2) is 0 Å². The molecule has 0 aliphatic carbocycles. The molecule has 1 aromatic carbocycles. The fourth-order valence-corrected chi connectivity index (χ4v) is 2.65. The van der Waals surface area contributed by atoms with Crippen molar-refractivity contribution in [3.05, 3.63) is 36.4 Å². The molecule has 17 heavy (non-hydrogen) atoms. The molecule has 2 heteroatoms. The zero-order valence-corrected chi connectivity index (χ0v) is 10.3. The third-order valence-corrected chi connectivity index (χ3v) is 3.68. The normalized spacial score (nSPS) is 20.8. The molecule has 0 bridgehead atoms. The van der Waals surface area contributed by atoms with E-state index in [1.54, 1.807) is 0 Å². The Morgan fingerprint density at radius 1 is 1.12 bits per heavy atom. The van der Waals surface area contributed by atoms with Crippen LogP contribution in [0.15, 0.2) is 36.4 Å². The van der Waals surface area contributed by atoms with Gasteiger partial charge in [-0.15, -0.1) is 0 Å². The molecule has 0 saturated carbocycles. The van der Waals surface area contributed by atoms with Gasteiger partial charge in [0.25, 0.3) is 0 Å². The number of hydrogen-bond donors (Lipinski definition) is 0. The average molecular weight is 226 g/mol. The molecule has 1 aliphatic rings. The summed E-state index contributed by atoms with van der Waals surface area (Å²) in [4.78, 5) is 7.22. The van der Waals surface area contributed by atoms with Gasteiger partial charge in [-0.05, 0) is 44.4 Å². The minimum Gasteiger partial charge on any atom is -0.354 e. The van der Waals surface area contributed by atoms with Crippen molar-refractivity contribution in [3.8, 4) is 0 Å². The molecule has 1 fully saturated rings. The summed E-state index contributed by atoms with van der Waals surface area (Å²) in [7, 11) is 0. The van der Waals surface area contributed by atoms with Crippen LogP contribution in [-0.2, 0) is 0 Å². The van der Waals surface area contributed by atoms with E-state index < -0.39 is 0 Å². The summed E-state index contributed by atoms with van der Waals surface area (Å²) >= 11 is 0. The van der Waals surface area contributed by atoms with E-state index >= 15 is 0 Å². The minimum absolute atomic E-state index is 0.623. The van der Waals surface area contributed by atoms with Crippen molar-refractivity contribution in [1.82, 2.24) is 4.98 Å². The second-order valence-corrected chi connectivity index (χ2v) is 4.90. The number of pyridine rings is 1. The molecule has 0 amide bonds. The van der Waals surface area contributed by atoms with Crippen molar-refractivity contribution in [2.24, 2.45) is 0 Å². The molecule has 0 radical (unpaired) electrons. The van der Waals surface area contributed by atoms with E-state index in [1.807, 2.05) is 0 Å². The molecular formula is C15H18N2. The number of hydrogen-bond acceptors (Lipinski definition) is 2. The Morgan fingerprint density at radius 2 is 2.00 bits per heavy atom. The van der Waals surface area contributed by atoms with Gasteiger partial charge in [-0.2, -0.15) is 0 Å². The van der Waals surface area contributed by atoms with Crippen molar-refractivity contribution in [1.29, 1.82) is 0 Å². The molecule has 0 N–H and O–H groups in total. The van der Waals surface area contributed by atoms with Gasteiger partial charge in [0.05, 0.1) is 5.52 Å². The van der Waals surface area contributed by atoms with Crippen molar-refractivity contribution < 1.29 is 0 Å². The maximum absolute atomic E-state index is 4.78.